The van der Waals surface area contributed by atoms with E-state index >= 15 is 0 Å². The van der Waals surface area contributed by atoms with Gasteiger partial charge < -0.3 is 9.47 Å². The highest BCUT2D eigenvalue weighted by molar-refractivity contribution is 7.13. The van der Waals surface area contributed by atoms with Crippen molar-refractivity contribution in [1.29, 1.82) is 0 Å². The molecule has 24 heavy (non-hydrogen) atoms. The molecule has 3 aromatic rings. The van der Waals surface area contributed by atoms with Crippen molar-refractivity contribution >= 4 is 22.9 Å². The molecule has 4 rings (SSSR count). The van der Waals surface area contributed by atoms with Crippen LogP contribution in [0.4, 0.5) is 5.69 Å². The van der Waals surface area contributed by atoms with E-state index in [2.05, 4.69) is 41.6 Å². The van der Waals surface area contributed by atoms with Crippen LogP contribution in [0.3, 0.4) is 0 Å². The molecular formula is C19H19N3OS. The summed E-state index contributed by atoms with van der Waals surface area (Å²) in [6.45, 7) is 4.15. The molecule has 0 saturated heterocycles. The minimum atomic E-state index is -0.0131. The average Bonchev–Trinajstić information content (AvgIpc) is 3.25. The molecule has 2 aromatic heterocycles. The van der Waals surface area contributed by atoms with Gasteiger partial charge in [0.25, 0.3) is 5.91 Å². The summed E-state index contributed by atoms with van der Waals surface area (Å²) in [7, 11) is 2.02. The van der Waals surface area contributed by atoms with Crippen LogP contribution in [-0.4, -0.2) is 21.5 Å². The number of fused-ring (bicyclic) bond motifs is 1. The van der Waals surface area contributed by atoms with Gasteiger partial charge in [0.2, 0.25) is 0 Å². The molecule has 4 nitrogen and oxygen atoms in total. The molecule has 1 aliphatic heterocycles. The molecule has 1 amide bonds. The zero-order valence-corrected chi connectivity index (χ0v) is 14.8. The maximum absolute atomic E-state index is 13.0. The molecule has 0 unspecified atom stereocenters. The lowest BCUT2D eigenvalue weighted by Gasteiger charge is -2.21. The maximum Gasteiger partial charge on any atom is 0.278 e. The quantitative estimate of drug-likeness (QED) is 0.707. The number of amides is 1. The van der Waals surface area contributed by atoms with Crippen LogP contribution >= 0.6 is 11.3 Å². The van der Waals surface area contributed by atoms with Crippen molar-refractivity contribution < 1.29 is 4.79 Å². The number of rotatable bonds is 2. The Hall–Kier alpha value is -2.40. The fraction of sp³-hybridized carbons (Fsp3) is 0.263. The fourth-order valence-electron chi connectivity index (χ4n) is 3.32. The van der Waals surface area contributed by atoms with Crippen molar-refractivity contribution in [2.45, 2.75) is 26.3 Å². The van der Waals surface area contributed by atoms with Gasteiger partial charge in [0.05, 0.1) is 5.69 Å². The first-order valence-corrected chi connectivity index (χ1v) is 8.94. The van der Waals surface area contributed by atoms with E-state index in [1.165, 1.54) is 22.6 Å². The second-order valence-electron chi connectivity index (χ2n) is 6.31. The SMILES string of the molecule is Cc1ccc(-c2nc(C(=O)N3c4ccccc4C[C@H]3C)cs2)n1C. The van der Waals surface area contributed by atoms with Crippen molar-refractivity contribution in [3.63, 3.8) is 0 Å². The number of benzene rings is 1. The van der Waals surface area contributed by atoms with Gasteiger partial charge in [-0.05, 0) is 44.0 Å². The number of carbonyl (C=O) groups is 1. The number of hydrogen-bond donors (Lipinski definition) is 0. The van der Waals surface area contributed by atoms with Crippen molar-refractivity contribution in [3.8, 4) is 10.7 Å². The summed E-state index contributed by atoms with van der Waals surface area (Å²) < 4.78 is 2.10. The van der Waals surface area contributed by atoms with Crippen molar-refractivity contribution in [3.05, 3.63) is 58.7 Å². The molecule has 0 bridgehead atoms. The summed E-state index contributed by atoms with van der Waals surface area (Å²) in [4.78, 5) is 19.5. The van der Waals surface area contributed by atoms with Gasteiger partial charge in [-0.15, -0.1) is 11.3 Å². The minimum absolute atomic E-state index is 0.0131. The van der Waals surface area contributed by atoms with Gasteiger partial charge in [0.1, 0.15) is 10.7 Å². The number of para-hydroxylation sites is 1. The lowest BCUT2D eigenvalue weighted by atomic mass is 10.1. The van der Waals surface area contributed by atoms with Crippen molar-refractivity contribution in [2.24, 2.45) is 7.05 Å². The number of carbonyl (C=O) groups excluding carboxylic acids is 1. The largest absolute Gasteiger partial charge is 0.346 e. The normalized spacial score (nSPS) is 16.5. The Balaban J connectivity index is 1.68. The molecule has 5 heteroatoms. The van der Waals surface area contributed by atoms with Gasteiger partial charge in [0.15, 0.2) is 0 Å². The first-order valence-electron chi connectivity index (χ1n) is 8.06. The lowest BCUT2D eigenvalue weighted by molar-refractivity contribution is 0.0977. The Bertz CT molecular complexity index is 924. The summed E-state index contributed by atoms with van der Waals surface area (Å²) in [5.74, 6) is -0.0131. The fourth-order valence-corrected chi connectivity index (χ4v) is 4.17. The average molecular weight is 337 g/mol. The molecule has 122 valence electrons. The molecule has 1 aliphatic rings. The number of anilines is 1. The third-order valence-corrected chi connectivity index (χ3v) is 5.61. The maximum atomic E-state index is 13.0. The number of hydrogen-bond acceptors (Lipinski definition) is 3. The van der Waals surface area contributed by atoms with Crippen LogP contribution < -0.4 is 4.90 Å². The molecule has 0 aliphatic carbocycles. The van der Waals surface area contributed by atoms with Crippen LogP contribution in [0.1, 0.15) is 28.7 Å². The summed E-state index contributed by atoms with van der Waals surface area (Å²) >= 11 is 1.52. The van der Waals surface area contributed by atoms with Gasteiger partial charge in [0, 0.05) is 29.9 Å². The molecule has 0 N–H and O–H groups in total. The highest BCUT2D eigenvalue weighted by Gasteiger charge is 2.32. The van der Waals surface area contributed by atoms with Crippen LogP contribution in [0, 0.1) is 6.92 Å². The summed E-state index contributed by atoms with van der Waals surface area (Å²) in [5, 5.41) is 2.75. The Kier molecular flexibility index (Phi) is 3.53. The Morgan fingerprint density at radius 3 is 2.79 bits per heavy atom. The zero-order valence-electron chi connectivity index (χ0n) is 14.0. The van der Waals surface area contributed by atoms with E-state index in [-0.39, 0.29) is 11.9 Å². The predicted octanol–water partition coefficient (Wildman–Crippen LogP) is 4.05. The minimum Gasteiger partial charge on any atom is -0.346 e. The summed E-state index contributed by atoms with van der Waals surface area (Å²) in [6.07, 6.45) is 0.899. The van der Waals surface area contributed by atoms with Gasteiger partial charge >= 0.3 is 0 Å². The second-order valence-corrected chi connectivity index (χ2v) is 7.17. The smallest absolute Gasteiger partial charge is 0.278 e. The molecule has 0 radical (unpaired) electrons. The van der Waals surface area contributed by atoms with E-state index < -0.39 is 0 Å². The van der Waals surface area contributed by atoms with Gasteiger partial charge in [-0.25, -0.2) is 4.98 Å². The molecule has 0 spiro atoms. The monoisotopic (exact) mass is 337 g/mol. The molecule has 0 fully saturated rings. The predicted molar refractivity (Wildman–Crippen MR) is 97.7 cm³/mol. The van der Waals surface area contributed by atoms with Crippen LogP contribution in [-0.2, 0) is 13.5 Å². The summed E-state index contributed by atoms with van der Waals surface area (Å²) in [5.41, 5.74) is 4.99. The lowest BCUT2D eigenvalue weighted by Crippen LogP contribution is -2.35. The molecule has 3 heterocycles. The van der Waals surface area contributed by atoms with E-state index in [0.717, 1.165) is 22.8 Å². The van der Waals surface area contributed by atoms with Crippen LogP contribution in [0.2, 0.25) is 0 Å². The standard InChI is InChI=1S/C19H19N3OS/c1-12-8-9-17(21(12)3)18-20-15(11-24-18)19(23)22-13(2)10-14-6-4-5-7-16(14)22/h4-9,11,13H,10H2,1-3H3/t13-/m1/s1. The second kappa shape index (κ2) is 5.60. The molecule has 0 saturated carbocycles. The topological polar surface area (TPSA) is 38.1 Å². The number of thiazole rings is 1. The van der Waals surface area contributed by atoms with Gasteiger partial charge in [-0.2, -0.15) is 0 Å². The highest BCUT2D eigenvalue weighted by atomic mass is 32.1. The number of aromatic nitrogens is 2. The van der Waals surface area contributed by atoms with E-state index in [9.17, 15) is 4.79 Å². The number of aryl methyl sites for hydroxylation is 1. The molecule has 1 atom stereocenters. The van der Waals surface area contributed by atoms with E-state index in [0.29, 0.717) is 5.69 Å². The number of nitrogens with zero attached hydrogens (tertiary/aromatic N) is 3. The van der Waals surface area contributed by atoms with Crippen molar-refractivity contribution in [1.82, 2.24) is 9.55 Å². The Labute approximate surface area is 145 Å². The first-order chi connectivity index (χ1) is 11.6. The van der Waals surface area contributed by atoms with Crippen LogP contribution in [0.25, 0.3) is 10.7 Å². The molecule has 1 aromatic carbocycles. The summed E-state index contributed by atoms with van der Waals surface area (Å²) in [6, 6.07) is 12.4. The third kappa shape index (κ3) is 2.27. The Morgan fingerprint density at radius 1 is 1.25 bits per heavy atom. The Morgan fingerprint density at radius 2 is 2.04 bits per heavy atom. The zero-order chi connectivity index (χ0) is 16.8. The van der Waals surface area contributed by atoms with Crippen LogP contribution in [0.15, 0.2) is 41.8 Å². The van der Waals surface area contributed by atoms with E-state index in [1.807, 2.05) is 35.5 Å². The van der Waals surface area contributed by atoms with Gasteiger partial charge in [-0.1, -0.05) is 18.2 Å². The third-order valence-electron chi connectivity index (χ3n) is 4.74. The van der Waals surface area contributed by atoms with Gasteiger partial charge in [-0.3, -0.25) is 4.79 Å². The van der Waals surface area contributed by atoms with E-state index in [1.54, 1.807) is 0 Å². The molecular weight excluding hydrogens is 318 g/mol. The van der Waals surface area contributed by atoms with E-state index in [4.69, 9.17) is 0 Å². The van der Waals surface area contributed by atoms with Crippen molar-refractivity contribution in [2.75, 3.05) is 4.90 Å². The van der Waals surface area contributed by atoms with Crippen LogP contribution in [0.5, 0.6) is 0 Å². The first kappa shape index (κ1) is 15.1. The highest BCUT2D eigenvalue weighted by Crippen LogP contribution is 2.34.